The van der Waals surface area contributed by atoms with Gasteiger partial charge in [0.1, 0.15) is 5.82 Å². The summed E-state index contributed by atoms with van der Waals surface area (Å²) >= 11 is 7.71. The summed E-state index contributed by atoms with van der Waals surface area (Å²) in [6.45, 7) is 2.18. The van der Waals surface area contributed by atoms with Gasteiger partial charge in [0.25, 0.3) is 0 Å². The molecule has 1 aliphatic heterocycles. The lowest BCUT2D eigenvalue weighted by molar-refractivity contribution is 0.447. The van der Waals surface area contributed by atoms with E-state index in [0.717, 1.165) is 22.6 Å². The second kappa shape index (κ2) is 4.94. The normalized spacial score (nSPS) is 25.0. The van der Waals surface area contributed by atoms with Crippen LogP contribution in [-0.4, -0.2) is 12.8 Å². The van der Waals surface area contributed by atoms with Crippen molar-refractivity contribution in [2.75, 3.05) is 12.8 Å². The van der Waals surface area contributed by atoms with E-state index in [1.807, 2.05) is 13.1 Å². The van der Waals surface area contributed by atoms with E-state index >= 15 is 0 Å². The average Bonchev–Trinajstić information content (AvgIpc) is 2.37. The third kappa shape index (κ3) is 2.22. The van der Waals surface area contributed by atoms with E-state index in [1.165, 1.54) is 6.07 Å². The molecular weight excluding hydrogens is 245 g/mol. The Morgan fingerprint density at radius 1 is 1.50 bits per heavy atom. The summed E-state index contributed by atoms with van der Waals surface area (Å²) in [5, 5.41) is 3.75. The van der Waals surface area contributed by atoms with Gasteiger partial charge < -0.3 is 5.32 Å². The highest BCUT2D eigenvalue weighted by atomic mass is 35.5. The molecule has 16 heavy (non-hydrogen) atoms. The van der Waals surface area contributed by atoms with Crippen LogP contribution in [0.2, 0.25) is 5.02 Å². The SMILES string of the molecule is CNC1c2cc(Cl)cc(F)c2CSCC1C. The molecular formula is C12H15ClFNS. The Bertz CT molecular complexity index is 397. The molecule has 4 heteroatoms. The Kier molecular flexibility index (Phi) is 3.77. The Balaban J connectivity index is 2.53. The minimum atomic E-state index is -0.177. The standard InChI is InChI=1S/C12H15ClFNS/c1-7-5-16-6-10-9(12(7)15-2)3-8(13)4-11(10)14/h3-4,7,12,15H,5-6H2,1-2H3. The van der Waals surface area contributed by atoms with Crippen LogP contribution in [0.4, 0.5) is 4.39 Å². The lowest BCUT2D eigenvalue weighted by atomic mass is 9.92. The molecule has 2 unspecified atom stereocenters. The van der Waals surface area contributed by atoms with Gasteiger partial charge in [0, 0.05) is 22.4 Å². The molecule has 0 spiro atoms. The Morgan fingerprint density at radius 3 is 2.94 bits per heavy atom. The van der Waals surface area contributed by atoms with Gasteiger partial charge in [-0.2, -0.15) is 11.8 Å². The van der Waals surface area contributed by atoms with Crippen molar-refractivity contribution in [3.8, 4) is 0 Å². The van der Waals surface area contributed by atoms with E-state index in [1.54, 1.807) is 11.8 Å². The van der Waals surface area contributed by atoms with Crippen molar-refractivity contribution in [3.05, 3.63) is 34.1 Å². The van der Waals surface area contributed by atoms with E-state index in [4.69, 9.17) is 11.6 Å². The lowest BCUT2D eigenvalue weighted by Gasteiger charge is -2.22. The molecule has 1 aliphatic rings. The number of nitrogens with one attached hydrogen (secondary N) is 1. The maximum Gasteiger partial charge on any atom is 0.129 e. The van der Waals surface area contributed by atoms with Gasteiger partial charge >= 0.3 is 0 Å². The van der Waals surface area contributed by atoms with Gasteiger partial charge in [0.05, 0.1) is 0 Å². The molecule has 0 fully saturated rings. The van der Waals surface area contributed by atoms with Crippen LogP contribution in [0.25, 0.3) is 0 Å². The monoisotopic (exact) mass is 259 g/mol. The highest BCUT2D eigenvalue weighted by Crippen LogP contribution is 2.36. The van der Waals surface area contributed by atoms with Crippen molar-refractivity contribution in [1.82, 2.24) is 5.32 Å². The predicted molar refractivity (Wildman–Crippen MR) is 68.5 cm³/mol. The van der Waals surface area contributed by atoms with Crippen LogP contribution < -0.4 is 5.32 Å². The van der Waals surface area contributed by atoms with Crippen LogP contribution in [0, 0.1) is 11.7 Å². The van der Waals surface area contributed by atoms with Crippen LogP contribution in [0.1, 0.15) is 24.1 Å². The Morgan fingerprint density at radius 2 is 2.25 bits per heavy atom. The second-order valence-electron chi connectivity index (χ2n) is 4.21. The van der Waals surface area contributed by atoms with Crippen molar-refractivity contribution >= 4 is 23.4 Å². The Hall–Kier alpha value is -0.250. The smallest absolute Gasteiger partial charge is 0.129 e. The van der Waals surface area contributed by atoms with Gasteiger partial charge in [-0.3, -0.25) is 0 Å². The van der Waals surface area contributed by atoms with Crippen LogP contribution >= 0.6 is 23.4 Å². The summed E-state index contributed by atoms with van der Waals surface area (Å²) in [6.07, 6.45) is 0. The number of hydrogen-bond acceptors (Lipinski definition) is 2. The summed E-state index contributed by atoms with van der Waals surface area (Å²) in [6, 6.07) is 3.49. The van der Waals surface area contributed by atoms with Crippen molar-refractivity contribution in [1.29, 1.82) is 0 Å². The predicted octanol–water partition coefficient (Wildman–Crippen LogP) is 3.62. The molecule has 0 saturated heterocycles. The van der Waals surface area contributed by atoms with E-state index in [0.29, 0.717) is 10.9 Å². The largest absolute Gasteiger partial charge is 0.313 e. The van der Waals surface area contributed by atoms with Gasteiger partial charge in [0.15, 0.2) is 0 Å². The first kappa shape index (κ1) is 12.2. The summed E-state index contributed by atoms with van der Waals surface area (Å²) in [7, 11) is 1.92. The maximum atomic E-state index is 13.8. The van der Waals surface area contributed by atoms with Gasteiger partial charge in [-0.25, -0.2) is 4.39 Å². The van der Waals surface area contributed by atoms with Crippen molar-refractivity contribution in [3.63, 3.8) is 0 Å². The molecule has 1 heterocycles. The summed E-state index contributed by atoms with van der Waals surface area (Å²) < 4.78 is 13.8. The molecule has 0 saturated carbocycles. The first-order valence-corrected chi connectivity index (χ1v) is 6.89. The number of rotatable bonds is 1. The van der Waals surface area contributed by atoms with Gasteiger partial charge in [-0.05, 0) is 36.4 Å². The molecule has 0 amide bonds. The molecule has 2 rings (SSSR count). The molecule has 0 aliphatic carbocycles. The molecule has 1 aromatic rings. The number of hydrogen-bond donors (Lipinski definition) is 1. The molecule has 1 N–H and O–H groups in total. The number of thioether (sulfide) groups is 1. The van der Waals surface area contributed by atoms with Crippen molar-refractivity contribution in [2.24, 2.45) is 5.92 Å². The highest BCUT2D eigenvalue weighted by Gasteiger charge is 2.26. The topological polar surface area (TPSA) is 12.0 Å². The van der Waals surface area contributed by atoms with Crippen LogP contribution in [0.15, 0.2) is 12.1 Å². The van der Waals surface area contributed by atoms with Crippen LogP contribution in [-0.2, 0) is 5.75 Å². The van der Waals surface area contributed by atoms with Crippen LogP contribution in [0.3, 0.4) is 0 Å². The zero-order chi connectivity index (χ0) is 11.7. The molecule has 88 valence electrons. The fraction of sp³-hybridized carbons (Fsp3) is 0.500. The lowest BCUT2D eigenvalue weighted by Crippen LogP contribution is -2.24. The minimum absolute atomic E-state index is 0.177. The van der Waals surface area contributed by atoms with Crippen molar-refractivity contribution < 1.29 is 4.39 Å². The highest BCUT2D eigenvalue weighted by molar-refractivity contribution is 7.98. The Labute approximate surface area is 105 Å². The minimum Gasteiger partial charge on any atom is -0.313 e. The zero-order valence-corrected chi connectivity index (χ0v) is 11.0. The second-order valence-corrected chi connectivity index (χ2v) is 5.68. The van der Waals surface area contributed by atoms with Gasteiger partial charge in [-0.15, -0.1) is 0 Å². The first-order chi connectivity index (χ1) is 7.63. The maximum absolute atomic E-state index is 13.8. The molecule has 1 nitrogen and oxygen atoms in total. The van der Waals surface area contributed by atoms with Crippen molar-refractivity contribution in [2.45, 2.75) is 18.7 Å². The van der Waals surface area contributed by atoms with E-state index in [2.05, 4.69) is 12.2 Å². The molecule has 1 aromatic carbocycles. The van der Waals surface area contributed by atoms with E-state index in [9.17, 15) is 4.39 Å². The van der Waals surface area contributed by atoms with E-state index < -0.39 is 0 Å². The fourth-order valence-electron chi connectivity index (χ4n) is 2.24. The van der Waals surface area contributed by atoms with Crippen LogP contribution in [0.5, 0.6) is 0 Å². The first-order valence-electron chi connectivity index (χ1n) is 5.36. The quantitative estimate of drug-likeness (QED) is 0.827. The molecule has 0 radical (unpaired) electrons. The summed E-state index contributed by atoms with van der Waals surface area (Å²) in [4.78, 5) is 0. The van der Waals surface area contributed by atoms with Gasteiger partial charge in [-0.1, -0.05) is 18.5 Å². The molecule has 0 aromatic heterocycles. The third-order valence-electron chi connectivity index (χ3n) is 3.04. The van der Waals surface area contributed by atoms with Gasteiger partial charge in [0.2, 0.25) is 0 Å². The third-order valence-corrected chi connectivity index (χ3v) is 4.51. The number of fused-ring (bicyclic) bond motifs is 1. The molecule has 0 bridgehead atoms. The number of benzene rings is 1. The van der Waals surface area contributed by atoms with E-state index in [-0.39, 0.29) is 11.9 Å². The summed E-state index contributed by atoms with van der Waals surface area (Å²) in [5.41, 5.74) is 1.82. The zero-order valence-electron chi connectivity index (χ0n) is 9.39. The fourth-order valence-corrected chi connectivity index (χ4v) is 3.65. The average molecular weight is 260 g/mol. The number of halogens is 2. The summed E-state index contributed by atoms with van der Waals surface area (Å²) in [5.74, 6) is 2.08. The molecule has 2 atom stereocenters.